The number of sulfonamides is 1. The lowest BCUT2D eigenvalue weighted by atomic mass is 9.79. The first-order chi connectivity index (χ1) is 20.2. The maximum atomic E-state index is 14.1. The van der Waals surface area contributed by atoms with Crippen molar-refractivity contribution in [1.82, 2.24) is 20.0 Å². The Labute approximate surface area is 248 Å². The van der Waals surface area contributed by atoms with Crippen LogP contribution in [0.2, 0.25) is 0 Å². The monoisotopic (exact) mass is 592 g/mol. The molecule has 1 fully saturated rings. The number of aromatic nitrogens is 2. The molecule has 0 radical (unpaired) electrons. The number of aryl methyl sites for hydroxylation is 1. The first kappa shape index (κ1) is 31.3. The minimum absolute atomic E-state index is 0.109. The normalized spacial score (nSPS) is 17.9. The Morgan fingerprint density at radius 1 is 1.10 bits per heavy atom. The van der Waals surface area contributed by atoms with Crippen LogP contribution in [-0.4, -0.2) is 49.2 Å². The molecule has 5 N–H and O–H groups in total. The molecule has 1 aliphatic rings. The number of Topliss-reactive ketones (excluding diaryl/α,β-unsaturated/α-hetero) is 1. The number of piperidine rings is 1. The Hall–Kier alpha value is -3.67. The Balaban J connectivity index is 1.67. The number of benzene rings is 1. The average Bonchev–Trinajstić information content (AvgIpc) is 3.01. The van der Waals surface area contributed by atoms with Crippen LogP contribution in [0, 0.1) is 11.8 Å². The van der Waals surface area contributed by atoms with Crippen molar-refractivity contribution >= 4 is 33.2 Å². The van der Waals surface area contributed by atoms with Crippen molar-refractivity contribution in [2.75, 3.05) is 24.1 Å². The summed E-state index contributed by atoms with van der Waals surface area (Å²) < 4.78 is 30.8. The van der Waals surface area contributed by atoms with Crippen LogP contribution in [0.25, 0.3) is 11.3 Å². The largest absolute Gasteiger partial charge is 0.384 e. The predicted molar refractivity (Wildman–Crippen MR) is 164 cm³/mol. The molecule has 1 aliphatic heterocycles. The number of hydrogen-bond donors (Lipinski definition) is 4. The van der Waals surface area contributed by atoms with Crippen LogP contribution in [-0.2, 0) is 26.0 Å². The topological polar surface area (TPSA) is 156 Å². The van der Waals surface area contributed by atoms with Gasteiger partial charge >= 0.3 is 0 Å². The number of nitrogens with two attached hydrogens (primary N) is 1. The number of carbonyl (C=O) groups is 2. The molecular formula is C31H40N6O4S. The van der Waals surface area contributed by atoms with Gasteiger partial charge in [-0.05, 0) is 68.0 Å². The van der Waals surface area contributed by atoms with Crippen LogP contribution in [0.4, 0.5) is 11.5 Å². The number of nitrogen functional groups attached to an aromatic ring is 1. The lowest BCUT2D eigenvalue weighted by molar-refractivity contribution is -0.127. The molecule has 4 rings (SSSR count). The second kappa shape index (κ2) is 14.5. The van der Waals surface area contributed by atoms with Crippen molar-refractivity contribution in [3.8, 4) is 11.3 Å². The van der Waals surface area contributed by atoms with E-state index in [-0.39, 0.29) is 40.5 Å². The molecular weight excluding hydrogens is 552 g/mol. The average molecular weight is 593 g/mol. The van der Waals surface area contributed by atoms with E-state index in [9.17, 15) is 18.0 Å². The molecule has 0 bridgehead atoms. The molecule has 0 unspecified atom stereocenters. The van der Waals surface area contributed by atoms with E-state index < -0.39 is 16.1 Å². The van der Waals surface area contributed by atoms with E-state index in [0.29, 0.717) is 42.9 Å². The van der Waals surface area contributed by atoms with Crippen molar-refractivity contribution in [3.05, 3.63) is 66.5 Å². The highest BCUT2D eigenvalue weighted by Crippen LogP contribution is 2.33. The third kappa shape index (κ3) is 7.78. The van der Waals surface area contributed by atoms with Crippen LogP contribution in [0.3, 0.4) is 0 Å². The lowest BCUT2D eigenvalue weighted by Gasteiger charge is -2.33. The molecule has 2 aromatic heterocycles. The van der Waals surface area contributed by atoms with E-state index in [1.165, 1.54) is 6.07 Å². The smallest absolute Gasteiger partial charge is 0.243 e. The summed E-state index contributed by atoms with van der Waals surface area (Å²) in [5.74, 6) is -0.145. The summed E-state index contributed by atoms with van der Waals surface area (Å²) in [5, 5.41) is 6.08. The van der Waals surface area contributed by atoms with Gasteiger partial charge in [-0.3, -0.25) is 14.6 Å². The van der Waals surface area contributed by atoms with E-state index in [4.69, 9.17) is 5.73 Å². The summed E-state index contributed by atoms with van der Waals surface area (Å²) in [6.07, 6.45) is 6.66. The SMILES string of the molecule is CCC(=O)Nc1c(-c2ccccn2)cccc1S(=O)(=O)N[C@@H](CCCc1ccc(N)nc1)C(=O)[C@@H]1CNCC[C@@H]1CC. The quantitative estimate of drug-likeness (QED) is 0.232. The van der Waals surface area contributed by atoms with Crippen molar-refractivity contribution in [2.24, 2.45) is 11.8 Å². The standard InChI is InChI=1S/C31H40N6O4S/c1-3-22-16-18-33-20-24(22)31(39)26(12-7-9-21-14-15-28(32)35-19-21)37-42(40,41)27-13-8-10-23(25-11-5-6-17-34-25)30(27)36-29(38)4-2/h5-6,8,10-11,13-15,17,19,22,24,26,33,37H,3-4,7,9,12,16,18,20H2,1-2H3,(H2,32,35)(H,36,38)/t22-,24+,26-/m0/s1. The first-order valence-electron chi connectivity index (χ1n) is 14.5. The van der Waals surface area contributed by atoms with Crippen LogP contribution in [0.15, 0.2) is 65.8 Å². The van der Waals surface area contributed by atoms with Gasteiger partial charge in [-0.25, -0.2) is 18.1 Å². The van der Waals surface area contributed by atoms with E-state index >= 15 is 0 Å². The van der Waals surface area contributed by atoms with Crippen LogP contribution in [0.5, 0.6) is 0 Å². The number of nitrogens with zero attached hydrogens (tertiary/aromatic N) is 2. The molecule has 0 saturated carbocycles. The zero-order valence-electron chi connectivity index (χ0n) is 24.2. The maximum Gasteiger partial charge on any atom is 0.243 e. The second-order valence-corrected chi connectivity index (χ2v) is 12.3. The minimum Gasteiger partial charge on any atom is -0.384 e. The number of nitrogens with one attached hydrogen (secondary N) is 3. The van der Waals surface area contributed by atoms with Crippen molar-refractivity contribution in [1.29, 1.82) is 0 Å². The molecule has 3 atom stereocenters. The van der Waals surface area contributed by atoms with Gasteiger partial charge in [0.1, 0.15) is 10.7 Å². The molecule has 1 amide bonds. The van der Waals surface area contributed by atoms with Crippen molar-refractivity contribution in [3.63, 3.8) is 0 Å². The number of anilines is 2. The fourth-order valence-electron chi connectivity index (χ4n) is 5.44. The van der Waals surface area contributed by atoms with Crippen LogP contribution in [0.1, 0.15) is 51.5 Å². The molecule has 0 spiro atoms. The third-order valence-corrected chi connectivity index (χ3v) is 9.32. The summed E-state index contributed by atoms with van der Waals surface area (Å²) in [6, 6.07) is 12.7. The van der Waals surface area contributed by atoms with Gasteiger partial charge in [0.15, 0.2) is 5.78 Å². The summed E-state index contributed by atoms with van der Waals surface area (Å²) in [7, 11) is -4.25. The molecule has 3 aromatic rings. The fraction of sp³-hybridized carbons (Fsp3) is 0.419. The molecule has 224 valence electrons. The number of ketones is 1. The van der Waals surface area contributed by atoms with E-state index in [1.807, 2.05) is 6.07 Å². The fourth-order valence-corrected chi connectivity index (χ4v) is 6.87. The molecule has 3 heterocycles. The summed E-state index contributed by atoms with van der Waals surface area (Å²) in [5.41, 5.74) is 7.79. The zero-order valence-corrected chi connectivity index (χ0v) is 25.0. The van der Waals surface area contributed by atoms with Gasteiger partial charge in [-0.1, -0.05) is 44.5 Å². The number of carbonyl (C=O) groups excluding carboxylic acids is 2. The Morgan fingerprint density at radius 2 is 1.93 bits per heavy atom. The van der Waals surface area contributed by atoms with Gasteiger partial charge in [-0.2, -0.15) is 0 Å². The number of rotatable bonds is 13. The first-order valence-corrected chi connectivity index (χ1v) is 16.0. The molecule has 42 heavy (non-hydrogen) atoms. The summed E-state index contributed by atoms with van der Waals surface area (Å²) >= 11 is 0. The number of pyridine rings is 2. The van der Waals surface area contributed by atoms with Gasteiger partial charge in [0.25, 0.3) is 0 Å². The van der Waals surface area contributed by atoms with Gasteiger partial charge in [0.2, 0.25) is 15.9 Å². The van der Waals surface area contributed by atoms with E-state index in [1.54, 1.807) is 55.7 Å². The van der Waals surface area contributed by atoms with Crippen molar-refractivity contribution in [2.45, 2.75) is 63.3 Å². The highest BCUT2D eigenvalue weighted by atomic mass is 32.2. The van der Waals surface area contributed by atoms with Gasteiger partial charge in [0.05, 0.1) is 17.4 Å². The molecule has 0 aliphatic carbocycles. The zero-order chi connectivity index (χ0) is 30.1. The Morgan fingerprint density at radius 3 is 2.62 bits per heavy atom. The highest BCUT2D eigenvalue weighted by Gasteiger charge is 2.36. The Kier molecular flexibility index (Phi) is 10.8. The van der Waals surface area contributed by atoms with Gasteiger partial charge < -0.3 is 16.4 Å². The molecule has 1 aromatic carbocycles. The minimum atomic E-state index is -4.25. The van der Waals surface area contributed by atoms with Gasteiger partial charge in [-0.15, -0.1) is 0 Å². The second-order valence-electron chi connectivity index (χ2n) is 10.6. The maximum absolute atomic E-state index is 14.1. The van der Waals surface area contributed by atoms with E-state index in [2.05, 4.69) is 32.2 Å². The van der Waals surface area contributed by atoms with Crippen LogP contribution < -0.4 is 21.1 Å². The van der Waals surface area contributed by atoms with E-state index in [0.717, 1.165) is 24.9 Å². The third-order valence-electron chi connectivity index (χ3n) is 7.80. The van der Waals surface area contributed by atoms with Crippen LogP contribution >= 0.6 is 0 Å². The number of hydrogen-bond acceptors (Lipinski definition) is 8. The summed E-state index contributed by atoms with van der Waals surface area (Å²) in [4.78, 5) is 34.9. The Bertz CT molecular complexity index is 1460. The van der Waals surface area contributed by atoms with Gasteiger partial charge in [0, 0.05) is 36.8 Å². The van der Waals surface area contributed by atoms with Crippen molar-refractivity contribution < 1.29 is 18.0 Å². The lowest BCUT2D eigenvalue weighted by Crippen LogP contribution is -2.50. The predicted octanol–water partition coefficient (Wildman–Crippen LogP) is 3.95. The number of para-hydroxylation sites is 1. The summed E-state index contributed by atoms with van der Waals surface area (Å²) in [6.45, 7) is 5.11. The highest BCUT2D eigenvalue weighted by molar-refractivity contribution is 7.89. The molecule has 11 heteroatoms. The molecule has 1 saturated heterocycles. The number of amides is 1. The molecule has 10 nitrogen and oxygen atoms in total.